The first-order valence-corrected chi connectivity index (χ1v) is 7.18. The van der Waals surface area contributed by atoms with E-state index in [1.807, 2.05) is 0 Å². The van der Waals surface area contributed by atoms with E-state index >= 15 is 0 Å². The summed E-state index contributed by atoms with van der Waals surface area (Å²) in [7, 11) is 0. The number of carbonyl (C=O) groups is 2. The normalized spacial score (nSPS) is 13.4. The standard InChI is InChI=1S/C13H7Cl2NO3S/c14-7-4-8-9(19-5-12(17)16-8)3-6(7)13(18)10-1-2-11(15)20-10/h1-4H,5H2,(H,16,17). The molecule has 1 aromatic carbocycles. The lowest BCUT2D eigenvalue weighted by atomic mass is 10.1. The van der Waals surface area contributed by atoms with Gasteiger partial charge in [0.05, 0.1) is 19.9 Å². The molecule has 0 spiro atoms. The molecule has 20 heavy (non-hydrogen) atoms. The summed E-state index contributed by atoms with van der Waals surface area (Å²) in [5, 5.41) is 2.89. The molecule has 0 saturated carbocycles. The van der Waals surface area contributed by atoms with Crippen LogP contribution in [-0.2, 0) is 4.79 Å². The summed E-state index contributed by atoms with van der Waals surface area (Å²) in [4.78, 5) is 24.1. The van der Waals surface area contributed by atoms with Crippen molar-refractivity contribution in [1.82, 2.24) is 0 Å². The highest BCUT2D eigenvalue weighted by Crippen LogP contribution is 2.35. The Labute approximate surface area is 128 Å². The summed E-state index contributed by atoms with van der Waals surface area (Å²) in [6.45, 7) is -0.0763. The van der Waals surface area contributed by atoms with Crippen LogP contribution in [0.3, 0.4) is 0 Å². The van der Waals surface area contributed by atoms with Gasteiger partial charge in [-0.15, -0.1) is 11.3 Å². The minimum absolute atomic E-state index is 0.0763. The SMILES string of the molecule is O=C1COc2cc(C(=O)c3ccc(Cl)s3)c(Cl)cc2N1. The summed E-state index contributed by atoms with van der Waals surface area (Å²) in [6.07, 6.45) is 0. The van der Waals surface area contributed by atoms with Gasteiger partial charge in [0.1, 0.15) is 5.75 Å². The van der Waals surface area contributed by atoms with E-state index in [4.69, 9.17) is 27.9 Å². The van der Waals surface area contributed by atoms with Crippen LogP contribution in [0.25, 0.3) is 0 Å². The zero-order valence-corrected chi connectivity index (χ0v) is 12.2. The molecule has 0 unspecified atom stereocenters. The first-order chi connectivity index (χ1) is 9.54. The number of hydrogen-bond acceptors (Lipinski definition) is 4. The monoisotopic (exact) mass is 327 g/mol. The Morgan fingerprint density at radius 2 is 2.10 bits per heavy atom. The largest absolute Gasteiger partial charge is 0.482 e. The van der Waals surface area contributed by atoms with Crippen LogP contribution in [0.1, 0.15) is 15.2 Å². The number of carbonyl (C=O) groups excluding carboxylic acids is 2. The van der Waals surface area contributed by atoms with Crippen LogP contribution in [0, 0.1) is 0 Å². The Kier molecular flexibility index (Phi) is 3.41. The van der Waals surface area contributed by atoms with E-state index in [-0.39, 0.29) is 23.3 Å². The lowest BCUT2D eigenvalue weighted by Gasteiger charge is -2.19. The highest BCUT2D eigenvalue weighted by Gasteiger charge is 2.22. The number of amides is 1. The molecule has 0 radical (unpaired) electrons. The van der Waals surface area contributed by atoms with Gasteiger partial charge < -0.3 is 10.1 Å². The van der Waals surface area contributed by atoms with Gasteiger partial charge in [-0.1, -0.05) is 23.2 Å². The van der Waals surface area contributed by atoms with Crippen molar-refractivity contribution in [2.24, 2.45) is 0 Å². The minimum Gasteiger partial charge on any atom is -0.482 e. The number of hydrogen-bond donors (Lipinski definition) is 1. The van der Waals surface area contributed by atoms with Gasteiger partial charge in [-0.2, -0.15) is 0 Å². The van der Waals surface area contributed by atoms with Crippen molar-refractivity contribution in [1.29, 1.82) is 0 Å². The second-order valence-corrected chi connectivity index (χ2v) is 6.22. The maximum absolute atomic E-state index is 12.4. The van der Waals surface area contributed by atoms with Crippen LogP contribution in [0.2, 0.25) is 9.36 Å². The number of fused-ring (bicyclic) bond motifs is 1. The van der Waals surface area contributed by atoms with Crippen LogP contribution in [0.15, 0.2) is 24.3 Å². The van der Waals surface area contributed by atoms with Gasteiger partial charge in [-0.3, -0.25) is 9.59 Å². The molecule has 1 amide bonds. The molecule has 0 atom stereocenters. The molecule has 102 valence electrons. The van der Waals surface area contributed by atoms with Gasteiger partial charge in [0, 0.05) is 5.56 Å². The third kappa shape index (κ3) is 2.40. The topological polar surface area (TPSA) is 55.4 Å². The van der Waals surface area contributed by atoms with Crippen LogP contribution >= 0.6 is 34.5 Å². The van der Waals surface area contributed by atoms with Crippen molar-refractivity contribution in [3.05, 3.63) is 44.1 Å². The Bertz CT molecular complexity index is 726. The Hall–Kier alpha value is -1.56. The molecule has 1 aliphatic heterocycles. The predicted octanol–water partition coefficient (Wildman–Crippen LogP) is 3.62. The van der Waals surface area contributed by atoms with E-state index in [2.05, 4.69) is 5.32 Å². The van der Waals surface area contributed by atoms with Crippen molar-refractivity contribution < 1.29 is 14.3 Å². The van der Waals surface area contributed by atoms with Crippen LogP contribution < -0.4 is 10.1 Å². The van der Waals surface area contributed by atoms with Gasteiger partial charge in [0.25, 0.3) is 5.91 Å². The molecule has 0 saturated heterocycles. The molecule has 2 heterocycles. The number of nitrogens with one attached hydrogen (secondary N) is 1. The number of benzene rings is 1. The van der Waals surface area contributed by atoms with Crippen LogP contribution in [0.4, 0.5) is 5.69 Å². The Morgan fingerprint density at radius 1 is 1.30 bits per heavy atom. The molecule has 2 aromatic rings. The van der Waals surface area contributed by atoms with Crippen molar-refractivity contribution in [3.63, 3.8) is 0 Å². The number of anilines is 1. The summed E-state index contributed by atoms with van der Waals surface area (Å²) >= 11 is 13.1. The molecule has 0 bridgehead atoms. The third-order valence-electron chi connectivity index (χ3n) is 2.74. The van der Waals surface area contributed by atoms with E-state index in [0.717, 1.165) is 0 Å². The molecule has 0 aliphatic carbocycles. The molecule has 0 fully saturated rings. The van der Waals surface area contributed by atoms with E-state index in [1.54, 1.807) is 12.1 Å². The molecule has 1 aliphatic rings. The lowest BCUT2D eigenvalue weighted by Crippen LogP contribution is -2.25. The van der Waals surface area contributed by atoms with E-state index in [0.29, 0.717) is 26.2 Å². The van der Waals surface area contributed by atoms with Crippen molar-refractivity contribution in [3.8, 4) is 5.75 Å². The minimum atomic E-state index is -0.252. The van der Waals surface area contributed by atoms with Gasteiger partial charge in [-0.05, 0) is 24.3 Å². The molecular formula is C13H7Cl2NO3S. The Morgan fingerprint density at radius 3 is 2.80 bits per heavy atom. The van der Waals surface area contributed by atoms with E-state index in [1.165, 1.54) is 23.5 Å². The zero-order valence-electron chi connectivity index (χ0n) is 9.91. The number of ether oxygens (including phenoxy) is 1. The first kappa shape index (κ1) is 13.4. The lowest BCUT2D eigenvalue weighted by molar-refractivity contribution is -0.118. The van der Waals surface area contributed by atoms with Gasteiger partial charge in [0.15, 0.2) is 6.61 Å². The van der Waals surface area contributed by atoms with E-state index in [9.17, 15) is 9.59 Å². The average Bonchev–Trinajstić information content (AvgIpc) is 2.84. The molecule has 1 N–H and O–H groups in total. The number of ketones is 1. The second-order valence-electron chi connectivity index (χ2n) is 4.10. The quantitative estimate of drug-likeness (QED) is 0.857. The fourth-order valence-corrected chi connectivity index (χ4v) is 3.09. The molecule has 3 rings (SSSR count). The molecule has 7 heteroatoms. The summed E-state index contributed by atoms with van der Waals surface area (Å²) < 4.78 is 5.81. The summed E-state index contributed by atoms with van der Waals surface area (Å²) in [5.74, 6) is -0.0483. The van der Waals surface area contributed by atoms with E-state index < -0.39 is 0 Å². The fourth-order valence-electron chi connectivity index (χ4n) is 1.84. The summed E-state index contributed by atoms with van der Waals surface area (Å²) in [6, 6.07) is 6.35. The third-order valence-corrected chi connectivity index (χ3v) is 4.29. The highest BCUT2D eigenvalue weighted by molar-refractivity contribution is 7.18. The number of rotatable bonds is 2. The zero-order chi connectivity index (χ0) is 14.3. The van der Waals surface area contributed by atoms with Crippen molar-refractivity contribution in [2.45, 2.75) is 0 Å². The molecule has 1 aromatic heterocycles. The predicted molar refractivity (Wildman–Crippen MR) is 78.3 cm³/mol. The van der Waals surface area contributed by atoms with Crippen molar-refractivity contribution >= 4 is 51.9 Å². The number of halogens is 2. The second kappa shape index (κ2) is 5.09. The van der Waals surface area contributed by atoms with Gasteiger partial charge >= 0.3 is 0 Å². The molecular weight excluding hydrogens is 321 g/mol. The Balaban J connectivity index is 2.02. The van der Waals surface area contributed by atoms with Crippen LogP contribution in [0.5, 0.6) is 5.75 Å². The maximum Gasteiger partial charge on any atom is 0.262 e. The van der Waals surface area contributed by atoms with Crippen molar-refractivity contribution in [2.75, 3.05) is 11.9 Å². The number of thiophene rings is 1. The van der Waals surface area contributed by atoms with Gasteiger partial charge in [0.2, 0.25) is 5.78 Å². The maximum atomic E-state index is 12.4. The van der Waals surface area contributed by atoms with Crippen LogP contribution in [-0.4, -0.2) is 18.3 Å². The first-order valence-electron chi connectivity index (χ1n) is 5.61. The smallest absolute Gasteiger partial charge is 0.262 e. The summed E-state index contributed by atoms with van der Waals surface area (Å²) in [5.41, 5.74) is 0.784. The molecule has 4 nitrogen and oxygen atoms in total. The fraction of sp³-hybridized carbons (Fsp3) is 0.0769. The average molecular weight is 328 g/mol. The highest BCUT2D eigenvalue weighted by atomic mass is 35.5. The van der Waals surface area contributed by atoms with Gasteiger partial charge in [-0.25, -0.2) is 0 Å².